The van der Waals surface area contributed by atoms with E-state index < -0.39 is 0 Å². The van der Waals surface area contributed by atoms with E-state index in [-0.39, 0.29) is 5.97 Å². The Labute approximate surface area is 102 Å². The van der Waals surface area contributed by atoms with E-state index >= 15 is 0 Å². The zero-order valence-electron chi connectivity index (χ0n) is 10.6. The number of ether oxygens (including phenoxy) is 1. The predicted molar refractivity (Wildman–Crippen MR) is 66.7 cm³/mol. The molecule has 0 aliphatic heterocycles. The molecule has 0 saturated heterocycles. The number of aromatic nitrogens is 2. The van der Waals surface area contributed by atoms with Gasteiger partial charge >= 0.3 is 5.97 Å². The molecular weight excluding hydrogens is 216 g/mol. The van der Waals surface area contributed by atoms with Crippen LogP contribution in [0.5, 0.6) is 0 Å². The number of aryl methyl sites for hydroxylation is 1. The van der Waals surface area contributed by atoms with E-state index in [4.69, 9.17) is 4.74 Å². The van der Waals surface area contributed by atoms with Crippen molar-refractivity contribution in [3.05, 3.63) is 29.9 Å². The van der Waals surface area contributed by atoms with Gasteiger partial charge in [-0.25, -0.2) is 9.78 Å². The summed E-state index contributed by atoms with van der Waals surface area (Å²) in [5.74, 6) is 0.670. The molecule has 0 aliphatic carbocycles. The van der Waals surface area contributed by atoms with Gasteiger partial charge in [0.1, 0.15) is 5.82 Å². The van der Waals surface area contributed by atoms with Gasteiger partial charge in [0.25, 0.3) is 0 Å². The minimum absolute atomic E-state index is 0.337. The van der Waals surface area contributed by atoms with E-state index in [1.807, 2.05) is 0 Å². The van der Waals surface area contributed by atoms with Crippen LogP contribution in [0.3, 0.4) is 0 Å². The van der Waals surface area contributed by atoms with E-state index in [2.05, 4.69) is 23.5 Å². The Hall–Kier alpha value is -1.58. The third-order valence-electron chi connectivity index (χ3n) is 2.40. The summed E-state index contributed by atoms with van der Waals surface area (Å²) in [5, 5.41) is 0. The first-order valence-electron chi connectivity index (χ1n) is 5.99. The zero-order chi connectivity index (χ0) is 12.7. The lowest BCUT2D eigenvalue weighted by Crippen LogP contribution is -2.08. The van der Waals surface area contributed by atoms with Crippen molar-refractivity contribution in [2.75, 3.05) is 6.61 Å². The lowest BCUT2D eigenvalue weighted by atomic mass is 10.2. The number of nitrogens with one attached hydrogen (secondary N) is 1. The van der Waals surface area contributed by atoms with Gasteiger partial charge in [-0.2, -0.15) is 0 Å². The number of hydrogen-bond acceptors (Lipinski definition) is 3. The van der Waals surface area contributed by atoms with E-state index in [1.165, 1.54) is 0 Å². The fraction of sp³-hybridized carbons (Fsp3) is 0.538. The molecule has 1 rings (SSSR count). The van der Waals surface area contributed by atoms with Gasteiger partial charge in [0.05, 0.1) is 6.61 Å². The number of imidazole rings is 1. The van der Waals surface area contributed by atoms with Crippen LogP contribution in [-0.4, -0.2) is 22.5 Å². The van der Waals surface area contributed by atoms with Gasteiger partial charge in [-0.15, -0.1) is 0 Å². The van der Waals surface area contributed by atoms with Crippen LogP contribution in [-0.2, 0) is 22.4 Å². The Morgan fingerprint density at radius 2 is 2.29 bits per heavy atom. The normalized spacial score (nSPS) is 10.2. The number of hydrogen-bond donors (Lipinski definition) is 1. The molecule has 17 heavy (non-hydrogen) atoms. The number of rotatable bonds is 7. The number of carbonyl (C=O) groups excluding carboxylic acids is 1. The van der Waals surface area contributed by atoms with Crippen molar-refractivity contribution in [2.24, 2.45) is 0 Å². The monoisotopic (exact) mass is 236 g/mol. The average molecular weight is 236 g/mol. The summed E-state index contributed by atoms with van der Waals surface area (Å²) < 4.78 is 5.01. The van der Waals surface area contributed by atoms with Gasteiger partial charge < -0.3 is 9.72 Å². The highest BCUT2D eigenvalue weighted by Gasteiger charge is 2.04. The van der Waals surface area contributed by atoms with Crippen LogP contribution in [0.1, 0.15) is 38.2 Å². The van der Waals surface area contributed by atoms with Crippen LogP contribution in [0.4, 0.5) is 0 Å². The molecule has 1 N–H and O–H groups in total. The van der Waals surface area contributed by atoms with Gasteiger partial charge in [-0.3, -0.25) is 0 Å². The molecule has 0 saturated carbocycles. The predicted octanol–water partition coefficient (Wildman–Crippen LogP) is 2.41. The van der Waals surface area contributed by atoms with Crippen molar-refractivity contribution in [1.82, 2.24) is 9.97 Å². The van der Waals surface area contributed by atoms with Crippen LogP contribution in [0.25, 0.3) is 0 Å². The smallest absolute Gasteiger partial charge is 0.333 e. The maximum Gasteiger partial charge on any atom is 0.333 e. The molecule has 0 atom stereocenters. The molecule has 1 aromatic heterocycles. The SMILES string of the molecule is C=C(C)C(=O)OCCc1cnc(CCCC)[nH]1. The number of unbranched alkanes of at least 4 members (excludes halogenated alkanes) is 1. The summed E-state index contributed by atoms with van der Waals surface area (Å²) >= 11 is 0. The van der Waals surface area contributed by atoms with Crippen LogP contribution >= 0.6 is 0 Å². The standard InChI is InChI=1S/C13H20N2O2/c1-4-5-6-12-14-9-11(15-12)7-8-17-13(16)10(2)3/h9H,2,4-8H2,1,3H3,(H,14,15). The minimum Gasteiger partial charge on any atom is -0.462 e. The third kappa shape index (κ3) is 4.85. The number of aromatic amines is 1. The molecule has 0 amide bonds. The summed E-state index contributed by atoms with van der Waals surface area (Å²) in [6.07, 6.45) is 5.74. The van der Waals surface area contributed by atoms with E-state index in [1.54, 1.807) is 13.1 Å². The first-order valence-corrected chi connectivity index (χ1v) is 5.99. The zero-order valence-corrected chi connectivity index (χ0v) is 10.6. The van der Waals surface area contributed by atoms with Crippen LogP contribution in [0.2, 0.25) is 0 Å². The Kier molecular flexibility index (Phi) is 5.46. The molecule has 4 nitrogen and oxygen atoms in total. The fourth-order valence-electron chi connectivity index (χ4n) is 1.38. The third-order valence-corrected chi connectivity index (χ3v) is 2.40. The molecule has 1 aromatic rings. The molecule has 0 fully saturated rings. The van der Waals surface area contributed by atoms with Gasteiger partial charge in [0.2, 0.25) is 0 Å². The lowest BCUT2D eigenvalue weighted by Gasteiger charge is -2.02. The highest BCUT2D eigenvalue weighted by atomic mass is 16.5. The van der Waals surface area contributed by atoms with Crippen molar-refractivity contribution in [2.45, 2.75) is 39.5 Å². The largest absolute Gasteiger partial charge is 0.462 e. The van der Waals surface area contributed by atoms with Gasteiger partial charge in [-0.05, 0) is 13.3 Å². The highest BCUT2D eigenvalue weighted by molar-refractivity contribution is 5.86. The second-order valence-corrected chi connectivity index (χ2v) is 4.12. The molecule has 0 aliphatic rings. The Balaban J connectivity index is 2.29. The molecule has 94 valence electrons. The van der Waals surface area contributed by atoms with E-state index in [0.29, 0.717) is 18.6 Å². The molecule has 1 heterocycles. The number of nitrogens with zero attached hydrogens (tertiary/aromatic N) is 1. The summed E-state index contributed by atoms with van der Waals surface area (Å²) in [6.45, 7) is 7.68. The average Bonchev–Trinajstić information content (AvgIpc) is 2.74. The maximum atomic E-state index is 11.1. The summed E-state index contributed by atoms with van der Waals surface area (Å²) in [6, 6.07) is 0. The molecular formula is C13H20N2O2. The second-order valence-electron chi connectivity index (χ2n) is 4.12. The first kappa shape index (κ1) is 13.5. The molecule has 0 bridgehead atoms. The summed E-state index contributed by atoms with van der Waals surface area (Å²) in [5.41, 5.74) is 1.43. The topological polar surface area (TPSA) is 55.0 Å². The molecule has 0 unspecified atom stereocenters. The first-order chi connectivity index (χ1) is 8.13. The molecule has 4 heteroatoms. The Morgan fingerprint density at radius 3 is 2.94 bits per heavy atom. The Morgan fingerprint density at radius 1 is 1.53 bits per heavy atom. The molecule has 0 spiro atoms. The van der Waals surface area contributed by atoms with Crippen LogP contribution in [0.15, 0.2) is 18.3 Å². The highest BCUT2D eigenvalue weighted by Crippen LogP contribution is 2.03. The minimum atomic E-state index is -0.337. The van der Waals surface area contributed by atoms with Crippen molar-refractivity contribution < 1.29 is 9.53 Å². The van der Waals surface area contributed by atoms with Crippen molar-refractivity contribution in [1.29, 1.82) is 0 Å². The lowest BCUT2D eigenvalue weighted by molar-refractivity contribution is -0.138. The summed E-state index contributed by atoms with van der Waals surface area (Å²) in [7, 11) is 0. The Bertz CT molecular complexity index is 383. The molecule has 0 aromatic carbocycles. The van der Waals surface area contributed by atoms with Crippen molar-refractivity contribution in [3.63, 3.8) is 0 Å². The second kappa shape index (κ2) is 6.89. The fourth-order valence-corrected chi connectivity index (χ4v) is 1.38. The maximum absolute atomic E-state index is 11.1. The number of esters is 1. The van der Waals surface area contributed by atoms with Crippen LogP contribution < -0.4 is 0 Å². The van der Waals surface area contributed by atoms with Gasteiger partial charge in [0, 0.05) is 30.3 Å². The quantitative estimate of drug-likeness (QED) is 0.584. The summed E-state index contributed by atoms with van der Waals surface area (Å²) in [4.78, 5) is 18.6. The van der Waals surface area contributed by atoms with Crippen molar-refractivity contribution in [3.8, 4) is 0 Å². The van der Waals surface area contributed by atoms with Crippen molar-refractivity contribution >= 4 is 5.97 Å². The van der Waals surface area contributed by atoms with E-state index in [0.717, 1.165) is 30.8 Å². The van der Waals surface area contributed by atoms with Gasteiger partial charge in [0.15, 0.2) is 0 Å². The van der Waals surface area contributed by atoms with Crippen LogP contribution in [0, 0.1) is 0 Å². The van der Waals surface area contributed by atoms with Gasteiger partial charge in [-0.1, -0.05) is 19.9 Å². The molecule has 0 radical (unpaired) electrons. The van der Waals surface area contributed by atoms with E-state index in [9.17, 15) is 4.79 Å². The number of carbonyl (C=O) groups is 1. The number of H-pyrrole nitrogens is 1.